The molecule has 0 spiro atoms. The van der Waals surface area contributed by atoms with Crippen molar-refractivity contribution >= 4 is 41.6 Å². The van der Waals surface area contributed by atoms with Crippen LogP contribution in [0.2, 0.25) is 0 Å². The first-order valence-corrected chi connectivity index (χ1v) is 17.6. The van der Waals surface area contributed by atoms with E-state index in [1.165, 1.54) is 12.1 Å². The number of aromatic nitrogens is 7. The van der Waals surface area contributed by atoms with Gasteiger partial charge in [0, 0.05) is 12.1 Å². The number of amides is 3. The quantitative estimate of drug-likeness (QED) is 0.0701. The van der Waals surface area contributed by atoms with Gasteiger partial charge in [-0.1, -0.05) is 10.4 Å². The molecule has 3 heterocycles. The minimum absolute atomic E-state index is 0.0736. The number of benzene rings is 2. The lowest BCUT2D eigenvalue weighted by Crippen LogP contribution is -2.42. The molecule has 0 aliphatic rings. The van der Waals surface area contributed by atoms with E-state index >= 15 is 0 Å². The summed E-state index contributed by atoms with van der Waals surface area (Å²) in [7, 11) is 0. The fourth-order valence-corrected chi connectivity index (χ4v) is 5.64. The minimum Gasteiger partial charge on any atom is -0.481 e. The maximum Gasteiger partial charge on any atom is 0.417 e. The summed E-state index contributed by atoms with van der Waals surface area (Å²) in [6.45, 7) is 1.75. The molecule has 63 heavy (non-hydrogen) atoms. The molecule has 2 aromatic carbocycles. The molecule has 0 saturated heterocycles. The number of pyridine rings is 1. The Kier molecular flexibility index (Phi) is 13.2. The number of nitrogens with zero attached hydrogens (tertiary/aromatic N) is 7. The van der Waals surface area contributed by atoms with Gasteiger partial charge in [-0.25, -0.2) is 23.9 Å². The minimum atomic E-state index is -5.20. The number of nitrogens with one attached hydrogen (secondary N) is 3. The second-order valence-corrected chi connectivity index (χ2v) is 13.0. The monoisotopic (exact) mass is 890 g/mol. The smallest absolute Gasteiger partial charge is 0.417 e. The van der Waals surface area contributed by atoms with Crippen molar-refractivity contribution in [3.8, 4) is 34.2 Å². The normalized spacial score (nSPS) is 12.5. The van der Waals surface area contributed by atoms with Gasteiger partial charge in [-0.15, -0.1) is 10.2 Å². The zero-order chi connectivity index (χ0) is 46.6. The van der Waals surface area contributed by atoms with Crippen molar-refractivity contribution in [3.63, 3.8) is 0 Å². The van der Waals surface area contributed by atoms with Gasteiger partial charge in [0.1, 0.15) is 23.5 Å². The lowest BCUT2D eigenvalue weighted by atomic mass is 10.0. The first kappa shape index (κ1) is 45.8. The van der Waals surface area contributed by atoms with E-state index in [2.05, 4.69) is 30.9 Å². The van der Waals surface area contributed by atoms with Crippen molar-refractivity contribution in [2.75, 3.05) is 6.54 Å². The second-order valence-electron chi connectivity index (χ2n) is 13.0. The number of carbonyl (C=O) groups is 7. The van der Waals surface area contributed by atoms with Crippen LogP contribution in [-0.2, 0) is 31.5 Å². The SMILES string of the molecule is CCNC(=O)c1cc(-c2cn(-c3ccc(C(=O)N[C@@H](CC(=O)O)C(=O)O)c(C(F)(F)F)c3)nn2)nc(-c2cn(-c3ccc(C(=O)N[C@@H](CC(=O)O)C(=O)O)c(C(F)(F)F)c3)nn2)c1. The summed E-state index contributed by atoms with van der Waals surface area (Å²) >= 11 is 0. The fourth-order valence-electron chi connectivity index (χ4n) is 5.64. The van der Waals surface area contributed by atoms with Crippen molar-refractivity contribution in [2.45, 2.75) is 44.2 Å². The molecule has 5 aromatic rings. The highest BCUT2D eigenvalue weighted by molar-refractivity contribution is 6.00. The van der Waals surface area contributed by atoms with Gasteiger partial charge in [0.2, 0.25) is 0 Å². The molecule has 3 amide bonds. The molecule has 0 aliphatic heterocycles. The standard InChI is InChI=1S/C36H28F6N10O11/c1-2-43-30(57)15-7-22(26-13-51(49-47-26)16-3-5-18(20(9-16)35(37,38)39)31(58)45-24(33(60)61)11-28(53)54)44-23(8-15)27-14-52(50-48-27)17-4-6-19(21(10-17)36(40,41)42)32(59)46-25(34(62)63)12-29(55)56/h3-10,13-14,24-25H,2,11-12H2,1H3,(H,43,57)(H,45,58)(H,46,59)(H,53,54)(H,55,56)(H,60,61)(H,62,63)/t24-,25-/m0/s1. The first-order valence-electron chi connectivity index (χ1n) is 17.6. The number of alkyl halides is 6. The zero-order valence-electron chi connectivity index (χ0n) is 31.6. The van der Waals surface area contributed by atoms with Crippen LogP contribution in [0.25, 0.3) is 34.2 Å². The maximum atomic E-state index is 14.2. The summed E-state index contributed by atoms with van der Waals surface area (Å²) in [6.07, 6.45) is -10.5. The summed E-state index contributed by atoms with van der Waals surface area (Å²) < 4.78 is 86.9. The van der Waals surface area contributed by atoms with Crippen LogP contribution in [-0.4, -0.2) is 116 Å². The molecule has 0 radical (unpaired) electrons. The number of rotatable bonds is 16. The Labute approximate surface area is 346 Å². The predicted molar refractivity (Wildman–Crippen MR) is 195 cm³/mol. The topological polar surface area (TPSA) is 311 Å². The van der Waals surface area contributed by atoms with Crippen LogP contribution in [0.3, 0.4) is 0 Å². The third-order valence-electron chi connectivity index (χ3n) is 8.54. The Morgan fingerprint density at radius 2 is 1.00 bits per heavy atom. The van der Waals surface area contributed by atoms with Crippen molar-refractivity contribution in [3.05, 3.63) is 88.7 Å². The molecular formula is C36H28F6N10O11. The number of carbonyl (C=O) groups excluding carboxylic acids is 3. The van der Waals surface area contributed by atoms with Gasteiger partial charge >= 0.3 is 36.2 Å². The van der Waals surface area contributed by atoms with Gasteiger partial charge in [0.15, 0.2) is 0 Å². The number of hydrogen-bond acceptors (Lipinski definition) is 12. The van der Waals surface area contributed by atoms with Crippen LogP contribution < -0.4 is 16.0 Å². The first-order chi connectivity index (χ1) is 29.5. The summed E-state index contributed by atoms with van der Waals surface area (Å²) in [5.41, 5.74) is -6.50. The highest BCUT2D eigenvalue weighted by Crippen LogP contribution is 2.35. The van der Waals surface area contributed by atoms with Crippen molar-refractivity contribution in [1.29, 1.82) is 0 Å². The lowest BCUT2D eigenvalue weighted by molar-refractivity contribution is -0.145. The molecule has 0 bridgehead atoms. The number of carboxylic acids is 4. The van der Waals surface area contributed by atoms with E-state index in [0.717, 1.165) is 33.9 Å². The van der Waals surface area contributed by atoms with Crippen LogP contribution in [0.15, 0.2) is 60.9 Å². The third-order valence-corrected chi connectivity index (χ3v) is 8.54. The Morgan fingerprint density at radius 3 is 1.33 bits per heavy atom. The van der Waals surface area contributed by atoms with E-state index in [1.54, 1.807) is 17.6 Å². The van der Waals surface area contributed by atoms with Crippen LogP contribution in [0.4, 0.5) is 26.3 Å². The average molecular weight is 891 g/mol. The number of halogens is 6. The second kappa shape index (κ2) is 18.2. The maximum absolute atomic E-state index is 14.2. The Hall–Kier alpha value is -8.26. The van der Waals surface area contributed by atoms with E-state index < -0.39 is 101 Å². The molecule has 0 unspecified atom stereocenters. The van der Waals surface area contributed by atoms with Crippen LogP contribution >= 0.6 is 0 Å². The number of aliphatic carboxylic acids is 4. The van der Waals surface area contributed by atoms with E-state index in [-0.39, 0.29) is 46.3 Å². The molecule has 27 heteroatoms. The molecule has 2 atom stereocenters. The molecule has 3 aromatic heterocycles. The van der Waals surface area contributed by atoms with E-state index in [1.807, 2.05) is 0 Å². The van der Waals surface area contributed by atoms with Gasteiger partial charge in [-0.05, 0) is 55.5 Å². The van der Waals surface area contributed by atoms with Gasteiger partial charge in [-0.2, -0.15) is 26.3 Å². The molecule has 0 aliphatic carbocycles. The molecule has 0 saturated carbocycles. The number of carboxylic acid groups (broad SMARTS) is 4. The third kappa shape index (κ3) is 10.9. The van der Waals surface area contributed by atoms with Gasteiger partial charge in [-0.3, -0.25) is 24.0 Å². The Balaban J connectivity index is 1.50. The van der Waals surface area contributed by atoms with Gasteiger partial charge in [0.25, 0.3) is 17.7 Å². The lowest BCUT2D eigenvalue weighted by Gasteiger charge is -2.17. The Bertz CT molecular complexity index is 2480. The Morgan fingerprint density at radius 1 is 0.603 bits per heavy atom. The van der Waals surface area contributed by atoms with Crippen molar-refractivity contribution in [2.24, 2.45) is 0 Å². The molecule has 7 N–H and O–H groups in total. The summed E-state index contributed by atoms with van der Waals surface area (Å²) in [6, 6.07) is 2.68. The van der Waals surface area contributed by atoms with Crippen LogP contribution in [0, 0.1) is 0 Å². The largest absolute Gasteiger partial charge is 0.481 e. The summed E-state index contributed by atoms with van der Waals surface area (Å²) in [4.78, 5) is 87.7. The van der Waals surface area contributed by atoms with Crippen molar-refractivity contribution in [1.82, 2.24) is 50.9 Å². The average Bonchev–Trinajstić information content (AvgIpc) is 3.90. The van der Waals surface area contributed by atoms with E-state index in [0.29, 0.717) is 24.3 Å². The van der Waals surface area contributed by atoms with Crippen molar-refractivity contribution < 1.29 is 80.3 Å². The molecule has 21 nitrogen and oxygen atoms in total. The zero-order valence-corrected chi connectivity index (χ0v) is 31.6. The fraction of sp³-hybridized carbons (Fsp3) is 0.222. The summed E-state index contributed by atoms with van der Waals surface area (Å²) in [5, 5.41) is 57.8. The molecule has 0 fully saturated rings. The summed E-state index contributed by atoms with van der Waals surface area (Å²) in [5.74, 6) is -10.6. The van der Waals surface area contributed by atoms with Gasteiger partial charge in [0.05, 0.1) is 70.3 Å². The molecular weight excluding hydrogens is 862 g/mol. The number of hydrogen-bond donors (Lipinski definition) is 7. The van der Waals surface area contributed by atoms with Crippen LogP contribution in [0.1, 0.15) is 62.0 Å². The van der Waals surface area contributed by atoms with Gasteiger partial charge < -0.3 is 36.4 Å². The highest BCUT2D eigenvalue weighted by Gasteiger charge is 2.38. The highest BCUT2D eigenvalue weighted by atomic mass is 19.4. The van der Waals surface area contributed by atoms with Crippen LogP contribution in [0.5, 0.6) is 0 Å². The molecule has 5 rings (SSSR count). The van der Waals surface area contributed by atoms with E-state index in [9.17, 15) is 70.1 Å². The predicted octanol–water partition coefficient (Wildman–Crippen LogP) is 2.68. The molecule has 330 valence electrons. The van der Waals surface area contributed by atoms with E-state index in [4.69, 9.17) is 10.2 Å².